The number of halogens is 2. The predicted molar refractivity (Wildman–Crippen MR) is 104 cm³/mol. The van der Waals surface area contributed by atoms with Crippen LogP contribution in [0.5, 0.6) is 0 Å². The predicted octanol–water partition coefficient (Wildman–Crippen LogP) is 3.92. The highest BCUT2D eigenvalue weighted by Crippen LogP contribution is 2.24. The molecule has 2 aromatic carbocycles. The molecule has 5 nitrogen and oxygen atoms in total. The van der Waals surface area contributed by atoms with Crippen LogP contribution in [0.2, 0.25) is 10.0 Å². The van der Waals surface area contributed by atoms with E-state index in [0.29, 0.717) is 15.6 Å². The van der Waals surface area contributed by atoms with Crippen LogP contribution in [0.3, 0.4) is 0 Å². The second kappa shape index (κ2) is 7.48. The second-order valence-electron chi connectivity index (χ2n) is 6.05. The van der Waals surface area contributed by atoms with Crippen molar-refractivity contribution >= 4 is 40.0 Å². The normalized spacial score (nSPS) is 12.2. The topological polar surface area (TPSA) is 55.2 Å². The number of hydrogen-bond acceptors (Lipinski definition) is 3. The Kier molecular flexibility index (Phi) is 5.30. The number of benzene rings is 2. The first-order chi connectivity index (χ1) is 12.4. The molecule has 1 amide bonds. The molecule has 0 aliphatic carbocycles. The quantitative estimate of drug-likeness (QED) is 0.679. The summed E-state index contributed by atoms with van der Waals surface area (Å²) in [6.45, 7) is 1.83. The molecule has 0 fully saturated rings. The van der Waals surface area contributed by atoms with Crippen molar-refractivity contribution in [3.05, 3.63) is 74.8 Å². The Labute approximate surface area is 160 Å². The summed E-state index contributed by atoms with van der Waals surface area (Å²) in [7, 11) is 1.72. The zero-order chi connectivity index (χ0) is 18.8. The van der Waals surface area contributed by atoms with Crippen LogP contribution in [0, 0.1) is 0 Å². The second-order valence-corrected chi connectivity index (χ2v) is 6.90. The highest BCUT2D eigenvalue weighted by Gasteiger charge is 2.19. The standard InChI is InChI=1S/C19H17Cl2N3O2/c1-12(13-6-4-3-5-7-13)23(2)17(25)10-24-11-22-18-15(19(24)26)8-14(20)9-16(18)21/h3-9,11-12H,10H2,1-2H3/t12-/m1/s1. The molecule has 0 bridgehead atoms. The summed E-state index contributed by atoms with van der Waals surface area (Å²) < 4.78 is 1.27. The van der Waals surface area contributed by atoms with Crippen LogP contribution in [0.1, 0.15) is 18.5 Å². The Hall–Kier alpha value is -2.37. The molecule has 0 aliphatic heterocycles. The van der Waals surface area contributed by atoms with Gasteiger partial charge in [0.25, 0.3) is 5.56 Å². The third kappa shape index (κ3) is 3.59. The fourth-order valence-electron chi connectivity index (χ4n) is 2.74. The lowest BCUT2D eigenvalue weighted by Gasteiger charge is -2.25. The van der Waals surface area contributed by atoms with Crippen LogP contribution in [0.4, 0.5) is 0 Å². The lowest BCUT2D eigenvalue weighted by atomic mass is 10.1. The number of fused-ring (bicyclic) bond motifs is 1. The van der Waals surface area contributed by atoms with Crippen LogP contribution >= 0.6 is 23.2 Å². The number of rotatable bonds is 4. The van der Waals surface area contributed by atoms with Gasteiger partial charge >= 0.3 is 0 Å². The molecule has 1 aromatic heterocycles. The molecule has 0 N–H and O–H groups in total. The van der Waals surface area contributed by atoms with Gasteiger partial charge in [-0.25, -0.2) is 4.98 Å². The number of carbonyl (C=O) groups is 1. The van der Waals surface area contributed by atoms with Crippen LogP contribution < -0.4 is 5.56 Å². The molecule has 3 aromatic rings. The molecule has 0 saturated heterocycles. The molecule has 0 saturated carbocycles. The van der Waals surface area contributed by atoms with Gasteiger partial charge in [0, 0.05) is 12.1 Å². The molecule has 0 unspecified atom stereocenters. The van der Waals surface area contributed by atoms with Gasteiger partial charge in [0.2, 0.25) is 5.91 Å². The Bertz CT molecular complexity index is 1020. The number of amides is 1. The van der Waals surface area contributed by atoms with E-state index in [0.717, 1.165) is 5.56 Å². The van der Waals surface area contributed by atoms with Crippen LogP contribution in [-0.2, 0) is 11.3 Å². The minimum atomic E-state index is -0.353. The van der Waals surface area contributed by atoms with Crippen LogP contribution in [0.15, 0.2) is 53.6 Å². The van der Waals surface area contributed by atoms with Crippen molar-refractivity contribution in [3.8, 4) is 0 Å². The van der Waals surface area contributed by atoms with Gasteiger partial charge in [-0.05, 0) is 24.6 Å². The van der Waals surface area contributed by atoms with Gasteiger partial charge in [0.15, 0.2) is 0 Å². The molecule has 134 valence electrons. The fourth-order valence-corrected chi connectivity index (χ4v) is 3.28. The van der Waals surface area contributed by atoms with Crippen molar-refractivity contribution in [2.24, 2.45) is 0 Å². The summed E-state index contributed by atoms with van der Waals surface area (Å²) >= 11 is 12.1. The van der Waals surface area contributed by atoms with Crippen LogP contribution in [0.25, 0.3) is 10.9 Å². The first-order valence-electron chi connectivity index (χ1n) is 8.03. The molecule has 7 heteroatoms. The molecule has 3 rings (SSSR count). The van der Waals surface area contributed by atoms with Gasteiger partial charge in [-0.3, -0.25) is 14.2 Å². The maximum Gasteiger partial charge on any atom is 0.261 e. The minimum Gasteiger partial charge on any atom is -0.337 e. The van der Waals surface area contributed by atoms with E-state index >= 15 is 0 Å². The van der Waals surface area contributed by atoms with Crippen molar-refractivity contribution < 1.29 is 4.79 Å². The van der Waals surface area contributed by atoms with Gasteiger partial charge < -0.3 is 4.90 Å². The largest absolute Gasteiger partial charge is 0.337 e. The van der Waals surface area contributed by atoms with E-state index in [1.165, 1.54) is 23.0 Å². The SMILES string of the molecule is C[C@H](c1ccccc1)N(C)C(=O)Cn1cnc2c(Cl)cc(Cl)cc2c1=O. The van der Waals surface area contributed by atoms with E-state index in [9.17, 15) is 9.59 Å². The molecular weight excluding hydrogens is 373 g/mol. The summed E-state index contributed by atoms with van der Waals surface area (Å²) in [6, 6.07) is 12.6. The lowest BCUT2D eigenvalue weighted by molar-refractivity contribution is -0.132. The Morgan fingerprint density at radius 3 is 2.62 bits per heavy atom. The molecule has 0 spiro atoms. The van der Waals surface area contributed by atoms with Gasteiger partial charge in [0.05, 0.1) is 28.3 Å². The number of nitrogens with zero attached hydrogens (tertiary/aromatic N) is 3. The van der Waals surface area contributed by atoms with Gasteiger partial charge in [0.1, 0.15) is 6.54 Å². The Morgan fingerprint density at radius 1 is 1.23 bits per heavy atom. The average Bonchev–Trinajstić information content (AvgIpc) is 2.63. The summed E-state index contributed by atoms with van der Waals surface area (Å²) in [5.74, 6) is -0.197. The van der Waals surface area contributed by atoms with E-state index in [2.05, 4.69) is 4.98 Å². The van der Waals surface area contributed by atoms with E-state index in [-0.39, 0.29) is 29.4 Å². The highest BCUT2D eigenvalue weighted by molar-refractivity contribution is 6.38. The van der Waals surface area contributed by atoms with Gasteiger partial charge in [-0.1, -0.05) is 53.5 Å². The Balaban J connectivity index is 1.88. The zero-order valence-corrected chi connectivity index (χ0v) is 15.8. The van der Waals surface area contributed by atoms with Crippen molar-refractivity contribution in [1.82, 2.24) is 14.5 Å². The third-order valence-corrected chi connectivity index (χ3v) is 4.91. The average molecular weight is 390 g/mol. The summed E-state index contributed by atoms with van der Waals surface area (Å²) in [5.41, 5.74) is 1.04. The van der Waals surface area contributed by atoms with Crippen LogP contribution in [-0.4, -0.2) is 27.4 Å². The lowest BCUT2D eigenvalue weighted by Crippen LogP contribution is -2.35. The van der Waals surface area contributed by atoms with Crippen molar-refractivity contribution in [2.75, 3.05) is 7.05 Å². The first-order valence-corrected chi connectivity index (χ1v) is 8.79. The molecule has 0 radical (unpaired) electrons. The number of likely N-dealkylation sites (N-methyl/N-ethyl adjacent to an activating group) is 1. The Morgan fingerprint density at radius 2 is 1.92 bits per heavy atom. The van der Waals surface area contributed by atoms with Crippen molar-refractivity contribution in [3.63, 3.8) is 0 Å². The van der Waals surface area contributed by atoms with Gasteiger partial charge in [-0.2, -0.15) is 0 Å². The van der Waals surface area contributed by atoms with Crippen molar-refractivity contribution in [1.29, 1.82) is 0 Å². The monoisotopic (exact) mass is 389 g/mol. The highest BCUT2D eigenvalue weighted by atomic mass is 35.5. The van der Waals surface area contributed by atoms with Crippen molar-refractivity contribution in [2.45, 2.75) is 19.5 Å². The fraction of sp³-hybridized carbons (Fsp3) is 0.211. The molecule has 26 heavy (non-hydrogen) atoms. The number of aromatic nitrogens is 2. The third-order valence-electron chi connectivity index (χ3n) is 4.41. The molecular formula is C19H17Cl2N3O2. The van der Waals surface area contributed by atoms with E-state index in [1.807, 2.05) is 37.3 Å². The molecule has 0 aliphatic rings. The smallest absolute Gasteiger partial charge is 0.261 e. The maximum absolute atomic E-state index is 12.7. The number of carbonyl (C=O) groups excluding carboxylic acids is 1. The summed E-state index contributed by atoms with van der Waals surface area (Å²) in [5, 5.41) is 0.940. The molecule has 1 atom stereocenters. The minimum absolute atomic E-state index is 0.112. The maximum atomic E-state index is 12.7. The van der Waals surface area contributed by atoms with E-state index in [1.54, 1.807) is 11.9 Å². The first kappa shape index (κ1) is 18.4. The number of hydrogen-bond donors (Lipinski definition) is 0. The van der Waals surface area contributed by atoms with Gasteiger partial charge in [-0.15, -0.1) is 0 Å². The molecule has 1 heterocycles. The zero-order valence-electron chi connectivity index (χ0n) is 14.3. The van der Waals surface area contributed by atoms with E-state index < -0.39 is 0 Å². The summed E-state index contributed by atoms with van der Waals surface area (Å²) in [4.78, 5) is 31.1. The van der Waals surface area contributed by atoms with E-state index in [4.69, 9.17) is 23.2 Å². The summed E-state index contributed by atoms with van der Waals surface area (Å²) in [6.07, 6.45) is 1.34.